The van der Waals surface area contributed by atoms with Gasteiger partial charge >= 0.3 is 0 Å². The van der Waals surface area contributed by atoms with Crippen LogP contribution in [-0.2, 0) is 5.41 Å². The van der Waals surface area contributed by atoms with E-state index in [1.807, 2.05) is 12.1 Å². The highest BCUT2D eigenvalue weighted by Crippen LogP contribution is 2.50. The van der Waals surface area contributed by atoms with Gasteiger partial charge in [0.15, 0.2) is 0 Å². The third kappa shape index (κ3) is 1.52. The first-order chi connectivity index (χ1) is 6.97. The Morgan fingerprint density at radius 2 is 2.13 bits per heavy atom. The number of fused-ring (bicyclic) bond motifs is 1. The van der Waals surface area contributed by atoms with Crippen molar-refractivity contribution in [2.75, 3.05) is 7.11 Å². The van der Waals surface area contributed by atoms with E-state index in [4.69, 9.17) is 22.1 Å². The minimum absolute atomic E-state index is 0.0256. The maximum absolute atomic E-state index is 6.19. The Morgan fingerprint density at radius 3 is 2.73 bits per heavy atom. The van der Waals surface area contributed by atoms with Crippen molar-refractivity contribution >= 4 is 11.6 Å². The topological polar surface area (TPSA) is 35.2 Å². The van der Waals surface area contributed by atoms with Gasteiger partial charge in [0.25, 0.3) is 0 Å². The minimum atomic E-state index is 0.0256. The number of benzene rings is 1. The van der Waals surface area contributed by atoms with E-state index in [1.54, 1.807) is 7.11 Å². The summed E-state index contributed by atoms with van der Waals surface area (Å²) in [6.45, 7) is 4.36. The van der Waals surface area contributed by atoms with Crippen LogP contribution in [0.4, 0.5) is 0 Å². The van der Waals surface area contributed by atoms with Crippen LogP contribution in [0, 0.1) is 0 Å². The molecule has 0 heterocycles. The highest BCUT2D eigenvalue weighted by atomic mass is 35.5. The number of ether oxygens (including phenoxy) is 1. The fourth-order valence-electron chi connectivity index (χ4n) is 2.56. The summed E-state index contributed by atoms with van der Waals surface area (Å²) in [4.78, 5) is 0. The number of halogens is 1. The van der Waals surface area contributed by atoms with E-state index in [0.717, 1.165) is 22.8 Å². The van der Waals surface area contributed by atoms with Gasteiger partial charge < -0.3 is 10.5 Å². The normalized spacial score (nSPS) is 22.6. The Hall–Kier alpha value is -0.730. The molecule has 3 heteroatoms. The van der Waals surface area contributed by atoms with Gasteiger partial charge in [-0.3, -0.25) is 0 Å². The summed E-state index contributed by atoms with van der Waals surface area (Å²) in [6.07, 6.45) is 0.919. The number of methoxy groups -OCH3 is 1. The maximum Gasteiger partial charge on any atom is 0.123 e. The summed E-state index contributed by atoms with van der Waals surface area (Å²) in [5.41, 5.74) is 8.38. The van der Waals surface area contributed by atoms with Gasteiger partial charge in [-0.05, 0) is 29.5 Å². The summed E-state index contributed by atoms with van der Waals surface area (Å²) < 4.78 is 5.38. The molecule has 1 atom stereocenters. The highest BCUT2D eigenvalue weighted by molar-refractivity contribution is 6.31. The van der Waals surface area contributed by atoms with Crippen LogP contribution in [0.2, 0.25) is 5.02 Å². The quantitative estimate of drug-likeness (QED) is 0.798. The Morgan fingerprint density at radius 1 is 1.47 bits per heavy atom. The lowest BCUT2D eigenvalue weighted by atomic mass is 9.86. The molecule has 1 aliphatic carbocycles. The van der Waals surface area contributed by atoms with Gasteiger partial charge in [-0.1, -0.05) is 25.4 Å². The van der Waals surface area contributed by atoms with Crippen molar-refractivity contribution in [3.05, 3.63) is 28.3 Å². The second-order valence-electron chi connectivity index (χ2n) is 4.73. The molecule has 15 heavy (non-hydrogen) atoms. The Balaban J connectivity index is 2.71. The van der Waals surface area contributed by atoms with Crippen molar-refractivity contribution in [2.24, 2.45) is 5.73 Å². The monoisotopic (exact) mass is 225 g/mol. The molecule has 0 aromatic heterocycles. The number of hydrogen-bond acceptors (Lipinski definition) is 2. The SMILES string of the molecule is COc1ccc(Cl)c2c1C(C)(C)CC2N. The molecular formula is C12H16ClNO. The third-order valence-electron chi connectivity index (χ3n) is 3.15. The average Bonchev–Trinajstić information content (AvgIpc) is 2.39. The van der Waals surface area contributed by atoms with Crippen LogP contribution in [0.25, 0.3) is 0 Å². The number of hydrogen-bond donors (Lipinski definition) is 1. The van der Waals surface area contributed by atoms with Crippen LogP contribution in [0.3, 0.4) is 0 Å². The fourth-order valence-corrected chi connectivity index (χ4v) is 2.86. The Bertz CT molecular complexity index is 401. The number of nitrogens with two attached hydrogens (primary N) is 1. The van der Waals surface area contributed by atoms with Crippen LogP contribution in [0.5, 0.6) is 5.75 Å². The molecule has 2 N–H and O–H groups in total. The van der Waals surface area contributed by atoms with E-state index < -0.39 is 0 Å². The van der Waals surface area contributed by atoms with Crippen molar-refractivity contribution < 1.29 is 4.74 Å². The van der Waals surface area contributed by atoms with E-state index in [2.05, 4.69) is 13.8 Å². The first kappa shape index (κ1) is 10.8. The Kier molecular flexibility index (Phi) is 2.44. The molecule has 0 bridgehead atoms. The van der Waals surface area contributed by atoms with Crippen molar-refractivity contribution in [2.45, 2.75) is 31.7 Å². The van der Waals surface area contributed by atoms with Crippen LogP contribution >= 0.6 is 11.6 Å². The summed E-state index contributed by atoms with van der Waals surface area (Å²) in [5, 5.41) is 0.754. The summed E-state index contributed by atoms with van der Waals surface area (Å²) >= 11 is 6.19. The molecule has 0 radical (unpaired) electrons. The van der Waals surface area contributed by atoms with Gasteiger partial charge in [-0.2, -0.15) is 0 Å². The molecule has 0 saturated carbocycles. The average molecular weight is 226 g/mol. The van der Waals surface area contributed by atoms with Crippen molar-refractivity contribution in [3.63, 3.8) is 0 Å². The van der Waals surface area contributed by atoms with Crippen molar-refractivity contribution in [3.8, 4) is 5.75 Å². The largest absolute Gasteiger partial charge is 0.496 e. The molecule has 1 unspecified atom stereocenters. The lowest BCUT2D eigenvalue weighted by Gasteiger charge is -2.21. The predicted molar refractivity (Wildman–Crippen MR) is 62.6 cm³/mol. The molecule has 0 spiro atoms. The van der Waals surface area contributed by atoms with Gasteiger partial charge in [0.05, 0.1) is 7.11 Å². The van der Waals surface area contributed by atoms with Gasteiger partial charge in [0.2, 0.25) is 0 Å². The highest BCUT2D eigenvalue weighted by Gasteiger charge is 2.39. The third-order valence-corrected chi connectivity index (χ3v) is 3.48. The van der Waals surface area contributed by atoms with Crippen LogP contribution in [-0.4, -0.2) is 7.11 Å². The fraction of sp³-hybridized carbons (Fsp3) is 0.500. The van der Waals surface area contributed by atoms with Gasteiger partial charge in [-0.15, -0.1) is 0 Å². The van der Waals surface area contributed by atoms with Gasteiger partial charge in [0, 0.05) is 16.6 Å². The smallest absolute Gasteiger partial charge is 0.123 e. The second-order valence-corrected chi connectivity index (χ2v) is 5.14. The molecule has 1 aliphatic rings. The van der Waals surface area contributed by atoms with Crippen molar-refractivity contribution in [1.82, 2.24) is 0 Å². The maximum atomic E-state index is 6.19. The van der Waals surface area contributed by atoms with Crippen LogP contribution in [0.15, 0.2) is 12.1 Å². The zero-order valence-electron chi connectivity index (χ0n) is 9.30. The van der Waals surface area contributed by atoms with E-state index in [-0.39, 0.29) is 11.5 Å². The predicted octanol–water partition coefficient (Wildman–Crippen LogP) is 3.03. The molecule has 82 valence electrons. The molecule has 0 amide bonds. The molecular weight excluding hydrogens is 210 g/mol. The lowest BCUT2D eigenvalue weighted by molar-refractivity contribution is 0.392. The summed E-state index contributed by atoms with van der Waals surface area (Å²) in [7, 11) is 1.68. The van der Waals surface area contributed by atoms with Gasteiger partial charge in [-0.25, -0.2) is 0 Å². The lowest BCUT2D eigenvalue weighted by Crippen LogP contribution is -2.15. The molecule has 1 aromatic rings. The second kappa shape index (κ2) is 3.39. The van der Waals surface area contributed by atoms with Crippen LogP contribution in [0.1, 0.15) is 37.4 Å². The van der Waals surface area contributed by atoms with Gasteiger partial charge in [0.1, 0.15) is 5.75 Å². The van der Waals surface area contributed by atoms with Crippen molar-refractivity contribution in [1.29, 1.82) is 0 Å². The van der Waals surface area contributed by atoms with E-state index >= 15 is 0 Å². The molecule has 2 rings (SSSR count). The van der Waals surface area contributed by atoms with E-state index in [9.17, 15) is 0 Å². The molecule has 0 aliphatic heterocycles. The zero-order valence-corrected chi connectivity index (χ0v) is 10.1. The molecule has 1 aromatic carbocycles. The zero-order chi connectivity index (χ0) is 11.2. The Labute approximate surface area is 95.4 Å². The first-order valence-electron chi connectivity index (χ1n) is 5.10. The first-order valence-corrected chi connectivity index (χ1v) is 5.47. The molecule has 2 nitrogen and oxygen atoms in total. The number of rotatable bonds is 1. The van der Waals surface area contributed by atoms with E-state index in [1.165, 1.54) is 5.56 Å². The minimum Gasteiger partial charge on any atom is -0.496 e. The van der Waals surface area contributed by atoms with E-state index in [0.29, 0.717) is 0 Å². The molecule has 0 fully saturated rings. The standard InChI is InChI=1S/C12H16ClNO/c1-12(2)6-8(14)10-7(13)4-5-9(15-3)11(10)12/h4-5,8H,6,14H2,1-3H3. The van der Waals surface area contributed by atoms with Crippen LogP contribution < -0.4 is 10.5 Å². The molecule has 0 saturated heterocycles. The summed E-state index contributed by atoms with van der Waals surface area (Å²) in [5.74, 6) is 0.896. The summed E-state index contributed by atoms with van der Waals surface area (Å²) in [6, 6.07) is 3.80.